The predicted molar refractivity (Wildman–Crippen MR) is 130 cm³/mol. The van der Waals surface area contributed by atoms with E-state index < -0.39 is 0 Å². The maximum Gasteiger partial charge on any atom is 0.0849 e. The van der Waals surface area contributed by atoms with Crippen LogP contribution in [-0.4, -0.2) is 16.9 Å². The molecule has 4 heteroatoms. The van der Waals surface area contributed by atoms with Crippen LogP contribution in [0.15, 0.2) is 52.4 Å². The number of hydrogen-bond donors (Lipinski definition) is 0. The Morgan fingerprint density at radius 1 is 0.900 bits per heavy atom. The number of aromatic nitrogens is 1. The van der Waals surface area contributed by atoms with Crippen molar-refractivity contribution in [2.75, 3.05) is 0 Å². The van der Waals surface area contributed by atoms with Crippen molar-refractivity contribution in [2.24, 2.45) is 9.98 Å². The highest BCUT2D eigenvalue weighted by molar-refractivity contribution is 6.33. The lowest BCUT2D eigenvalue weighted by molar-refractivity contribution is 1.13. The lowest BCUT2D eigenvalue weighted by Gasteiger charge is -2.08. The van der Waals surface area contributed by atoms with Gasteiger partial charge in [0.05, 0.1) is 27.8 Å². The summed E-state index contributed by atoms with van der Waals surface area (Å²) in [5, 5.41) is 0.666. The van der Waals surface area contributed by atoms with Crippen molar-refractivity contribution in [1.29, 1.82) is 0 Å². The van der Waals surface area contributed by atoms with Gasteiger partial charge in [-0.15, -0.1) is 0 Å². The molecule has 3 aromatic rings. The minimum Gasteiger partial charge on any atom is -0.260 e. The molecule has 0 saturated carbocycles. The van der Waals surface area contributed by atoms with Crippen LogP contribution in [0.5, 0.6) is 0 Å². The molecule has 0 atom stereocenters. The third-order valence-corrected chi connectivity index (χ3v) is 5.30. The van der Waals surface area contributed by atoms with Crippen LogP contribution in [0.1, 0.15) is 46.1 Å². The summed E-state index contributed by atoms with van der Waals surface area (Å²) >= 11 is 6.41. The molecular formula is C26H28ClN3. The molecule has 0 spiro atoms. The number of hydrogen-bond acceptors (Lipinski definition) is 3. The van der Waals surface area contributed by atoms with Gasteiger partial charge < -0.3 is 0 Å². The van der Waals surface area contributed by atoms with Crippen molar-refractivity contribution in [3.63, 3.8) is 0 Å². The van der Waals surface area contributed by atoms with Crippen LogP contribution in [0, 0.1) is 34.6 Å². The van der Waals surface area contributed by atoms with E-state index in [1.165, 1.54) is 16.7 Å². The standard InChI is InChI=1S/C26H28ClN3/c1-16-12-18(3)25(19(4)13-16)28-11-10-22-8-7-9-24(30-22)21(6)29-26-20(5)14-17(2)15-23(26)27/h7-9,11-15H,10H2,1-6H3. The van der Waals surface area contributed by atoms with Gasteiger partial charge in [0, 0.05) is 18.3 Å². The molecule has 1 aromatic heterocycles. The summed E-state index contributed by atoms with van der Waals surface area (Å²) in [6, 6.07) is 14.4. The Morgan fingerprint density at radius 3 is 2.13 bits per heavy atom. The average Bonchev–Trinajstić information content (AvgIpc) is 2.66. The Hall–Kier alpha value is -2.78. The summed E-state index contributed by atoms with van der Waals surface area (Å²) in [5.74, 6) is 0. The molecule has 0 N–H and O–H groups in total. The van der Waals surface area contributed by atoms with Gasteiger partial charge in [0.15, 0.2) is 0 Å². The van der Waals surface area contributed by atoms with Crippen LogP contribution in [-0.2, 0) is 6.42 Å². The summed E-state index contributed by atoms with van der Waals surface area (Å²) in [6.45, 7) is 12.3. The maximum absolute atomic E-state index is 6.41. The fraction of sp³-hybridized carbons (Fsp3) is 0.269. The van der Waals surface area contributed by atoms with E-state index in [1.54, 1.807) is 0 Å². The van der Waals surface area contributed by atoms with Gasteiger partial charge in [0.25, 0.3) is 0 Å². The van der Waals surface area contributed by atoms with E-state index in [-0.39, 0.29) is 0 Å². The highest BCUT2D eigenvalue weighted by Gasteiger charge is 2.07. The van der Waals surface area contributed by atoms with Crippen LogP contribution in [0.4, 0.5) is 11.4 Å². The maximum atomic E-state index is 6.41. The van der Waals surface area contributed by atoms with E-state index in [0.717, 1.165) is 39.6 Å². The second-order valence-corrected chi connectivity index (χ2v) is 8.29. The number of pyridine rings is 1. The largest absolute Gasteiger partial charge is 0.260 e. The number of aryl methyl sites for hydroxylation is 5. The molecule has 0 radical (unpaired) electrons. The smallest absolute Gasteiger partial charge is 0.0849 e. The molecule has 3 nitrogen and oxygen atoms in total. The first kappa shape index (κ1) is 21.9. The van der Waals surface area contributed by atoms with Crippen molar-refractivity contribution in [3.05, 3.63) is 86.7 Å². The first-order chi connectivity index (χ1) is 14.2. The Labute approximate surface area is 184 Å². The number of nitrogens with zero attached hydrogens (tertiary/aromatic N) is 3. The lowest BCUT2D eigenvalue weighted by Crippen LogP contribution is -2.02. The third kappa shape index (κ3) is 5.22. The molecule has 1 heterocycles. The van der Waals surface area contributed by atoms with E-state index in [0.29, 0.717) is 11.4 Å². The second kappa shape index (κ2) is 9.36. The van der Waals surface area contributed by atoms with Gasteiger partial charge in [0.2, 0.25) is 0 Å². The topological polar surface area (TPSA) is 37.6 Å². The minimum absolute atomic E-state index is 0.665. The van der Waals surface area contributed by atoms with Crippen LogP contribution in [0.3, 0.4) is 0 Å². The van der Waals surface area contributed by atoms with Crippen LogP contribution in [0.25, 0.3) is 0 Å². The summed E-state index contributed by atoms with van der Waals surface area (Å²) in [7, 11) is 0. The quantitative estimate of drug-likeness (QED) is 0.399. The highest BCUT2D eigenvalue weighted by atomic mass is 35.5. The molecular weight excluding hydrogens is 390 g/mol. The molecule has 0 fully saturated rings. The molecule has 3 rings (SSSR count). The van der Waals surface area contributed by atoms with Crippen molar-refractivity contribution < 1.29 is 0 Å². The summed E-state index contributed by atoms with van der Waals surface area (Å²) in [5.41, 5.74) is 10.3. The molecule has 0 aliphatic heterocycles. The van der Waals surface area contributed by atoms with Gasteiger partial charge in [0.1, 0.15) is 0 Å². The lowest BCUT2D eigenvalue weighted by atomic mass is 10.1. The Balaban J connectivity index is 1.81. The molecule has 30 heavy (non-hydrogen) atoms. The van der Waals surface area contributed by atoms with Crippen molar-refractivity contribution in [1.82, 2.24) is 4.98 Å². The number of rotatable bonds is 5. The molecule has 0 aliphatic rings. The molecule has 0 bridgehead atoms. The third-order valence-electron chi connectivity index (χ3n) is 5.01. The number of aliphatic imine (C=N–C) groups is 2. The zero-order valence-corrected chi connectivity index (χ0v) is 19.3. The van der Waals surface area contributed by atoms with E-state index in [4.69, 9.17) is 26.6 Å². The first-order valence-electron chi connectivity index (χ1n) is 10.1. The Kier molecular flexibility index (Phi) is 6.84. The normalized spacial score (nSPS) is 12.0. The van der Waals surface area contributed by atoms with E-state index in [9.17, 15) is 0 Å². The van der Waals surface area contributed by atoms with Crippen LogP contribution >= 0.6 is 11.6 Å². The molecule has 0 aliphatic carbocycles. The average molecular weight is 418 g/mol. The fourth-order valence-corrected chi connectivity index (χ4v) is 4.04. The molecule has 0 unspecified atom stereocenters. The van der Waals surface area contributed by atoms with Gasteiger partial charge in [-0.3, -0.25) is 9.98 Å². The van der Waals surface area contributed by atoms with Gasteiger partial charge in [-0.2, -0.15) is 0 Å². The van der Waals surface area contributed by atoms with Gasteiger partial charge >= 0.3 is 0 Å². The van der Waals surface area contributed by atoms with Gasteiger partial charge in [-0.25, -0.2) is 4.99 Å². The molecule has 2 aromatic carbocycles. The monoisotopic (exact) mass is 417 g/mol. The van der Waals surface area contributed by atoms with Crippen LogP contribution < -0.4 is 0 Å². The Morgan fingerprint density at radius 2 is 1.50 bits per heavy atom. The summed E-state index contributed by atoms with van der Waals surface area (Å²) < 4.78 is 0. The van der Waals surface area contributed by atoms with E-state index in [2.05, 4.69) is 39.0 Å². The summed E-state index contributed by atoms with van der Waals surface area (Å²) in [6.07, 6.45) is 2.60. The highest BCUT2D eigenvalue weighted by Crippen LogP contribution is 2.30. The minimum atomic E-state index is 0.665. The zero-order chi connectivity index (χ0) is 21.8. The van der Waals surface area contributed by atoms with E-state index in [1.807, 2.05) is 51.3 Å². The van der Waals surface area contributed by atoms with Crippen molar-refractivity contribution in [2.45, 2.75) is 48.0 Å². The fourth-order valence-electron chi connectivity index (χ4n) is 3.68. The van der Waals surface area contributed by atoms with E-state index >= 15 is 0 Å². The molecule has 0 saturated heterocycles. The predicted octanol–water partition coefficient (Wildman–Crippen LogP) is 7.36. The number of benzene rings is 2. The summed E-state index contributed by atoms with van der Waals surface area (Å²) in [4.78, 5) is 14.2. The first-order valence-corrected chi connectivity index (χ1v) is 10.5. The zero-order valence-electron chi connectivity index (χ0n) is 18.5. The van der Waals surface area contributed by atoms with Crippen LogP contribution in [0.2, 0.25) is 5.02 Å². The van der Waals surface area contributed by atoms with Crippen molar-refractivity contribution >= 4 is 34.9 Å². The molecule has 0 amide bonds. The van der Waals surface area contributed by atoms with Gasteiger partial charge in [-0.1, -0.05) is 41.4 Å². The second-order valence-electron chi connectivity index (χ2n) is 7.89. The van der Waals surface area contributed by atoms with Crippen molar-refractivity contribution in [3.8, 4) is 0 Å². The van der Waals surface area contributed by atoms with Gasteiger partial charge in [-0.05, 0) is 82.0 Å². The Bertz CT molecular complexity index is 1100. The molecule has 154 valence electrons. The SMILES string of the molecule is CC(=Nc1c(C)cc(C)cc1Cl)c1cccc(CC=Nc2c(C)cc(C)cc2C)n1. The number of halogens is 1.